The third kappa shape index (κ3) is 2.65. The van der Waals surface area contributed by atoms with Gasteiger partial charge in [0.05, 0.1) is 5.75 Å². The van der Waals surface area contributed by atoms with Gasteiger partial charge in [-0.25, -0.2) is 9.59 Å². The van der Waals surface area contributed by atoms with Crippen LogP contribution in [0, 0.1) is 0 Å². The van der Waals surface area contributed by atoms with Crippen molar-refractivity contribution >= 4 is 29.7 Å². The molecule has 1 aromatic rings. The molecular weight excluding hydrogens is 260 g/mol. The highest BCUT2D eigenvalue weighted by Gasteiger charge is 2.26. The summed E-state index contributed by atoms with van der Waals surface area (Å²) in [5.74, 6) is -1.64. The topological polar surface area (TPSA) is 99.9 Å². The standard InChI is InChI=1S/C10H10N2O5S/c13-7(12-4-3-11-10(12)16)5-18-8-2-1-6(17-8)9(14)15/h1-2H,3-5H2,(H,11,16)(H,14,15). The molecule has 7 nitrogen and oxygen atoms in total. The molecule has 1 aliphatic heterocycles. The second kappa shape index (κ2) is 5.13. The molecule has 8 heteroatoms. The Bertz CT molecular complexity index is 498. The quantitative estimate of drug-likeness (QED) is 0.778. The third-order valence-corrected chi connectivity index (χ3v) is 3.18. The van der Waals surface area contributed by atoms with E-state index in [1.54, 1.807) is 0 Å². The van der Waals surface area contributed by atoms with Gasteiger partial charge in [0.2, 0.25) is 11.7 Å². The molecule has 2 heterocycles. The molecule has 0 aromatic carbocycles. The number of hydrogen-bond donors (Lipinski definition) is 2. The van der Waals surface area contributed by atoms with E-state index in [1.807, 2.05) is 0 Å². The molecule has 1 aromatic heterocycles. The maximum absolute atomic E-state index is 11.7. The Balaban J connectivity index is 1.89. The molecular formula is C10H10N2O5S. The number of furan rings is 1. The van der Waals surface area contributed by atoms with E-state index in [-0.39, 0.29) is 17.4 Å². The predicted molar refractivity (Wildman–Crippen MR) is 61.5 cm³/mol. The van der Waals surface area contributed by atoms with Gasteiger partial charge in [-0.05, 0) is 12.1 Å². The molecule has 0 aliphatic carbocycles. The number of urea groups is 1. The molecule has 0 atom stereocenters. The molecule has 3 amide bonds. The lowest BCUT2D eigenvalue weighted by atomic mass is 10.5. The number of carboxylic acid groups (broad SMARTS) is 1. The maximum atomic E-state index is 11.7. The van der Waals surface area contributed by atoms with Gasteiger partial charge in [0.25, 0.3) is 0 Å². The second-order valence-electron chi connectivity index (χ2n) is 3.49. The van der Waals surface area contributed by atoms with E-state index in [2.05, 4.69) is 5.32 Å². The first-order valence-corrected chi connectivity index (χ1v) is 6.10. The Labute approximate surface area is 106 Å². The zero-order valence-corrected chi connectivity index (χ0v) is 10.0. The normalized spacial score (nSPS) is 14.7. The number of nitrogens with one attached hydrogen (secondary N) is 1. The minimum atomic E-state index is -1.16. The molecule has 1 saturated heterocycles. The Morgan fingerprint density at radius 2 is 2.28 bits per heavy atom. The van der Waals surface area contributed by atoms with Gasteiger partial charge < -0.3 is 14.8 Å². The molecule has 96 valence electrons. The maximum Gasteiger partial charge on any atom is 0.371 e. The molecule has 0 bridgehead atoms. The van der Waals surface area contributed by atoms with E-state index in [4.69, 9.17) is 9.52 Å². The summed E-state index contributed by atoms with van der Waals surface area (Å²) < 4.78 is 4.98. The van der Waals surface area contributed by atoms with Crippen LogP contribution in [0.2, 0.25) is 0 Å². The van der Waals surface area contributed by atoms with Gasteiger partial charge in [0, 0.05) is 13.1 Å². The Morgan fingerprint density at radius 1 is 1.50 bits per heavy atom. The number of amides is 3. The lowest BCUT2D eigenvalue weighted by Crippen LogP contribution is -2.35. The van der Waals surface area contributed by atoms with Crippen molar-refractivity contribution in [2.75, 3.05) is 18.8 Å². The number of carbonyl (C=O) groups excluding carboxylic acids is 2. The van der Waals surface area contributed by atoms with Crippen molar-refractivity contribution in [1.82, 2.24) is 10.2 Å². The van der Waals surface area contributed by atoms with Gasteiger partial charge >= 0.3 is 12.0 Å². The van der Waals surface area contributed by atoms with Crippen molar-refractivity contribution < 1.29 is 23.9 Å². The molecule has 2 rings (SSSR count). The summed E-state index contributed by atoms with van der Waals surface area (Å²) in [7, 11) is 0. The second-order valence-corrected chi connectivity index (χ2v) is 4.47. The first-order valence-electron chi connectivity index (χ1n) is 5.12. The average Bonchev–Trinajstić information content (AvgIpc) is 2.94. The highest BCUT2D eigenvalue weighted by Crippen LogP contribution is 2.21. The first-order chi connectivity index (χ1) is 8.58. The van der Waals surface area contributed by atoms with E-state index in [0.29, 0.717) is 18.2 Å². The molecule has 0 saturated carbocycles. The monoisotopic (exact) mass is 270 g/mol. The summed E-state index contributed by atoms with van der Waals surface area (Å²) in [6.07, 6.45) is 0. The minimum Gasteiger partial charge on any atom is -0.475 e. The SMILES string of the molecule is O=C(O)c1ccc(SCC(=O)N2CCNC2=O)o1. The predicted octanol–water partition coefficient (Wildman–Crippen LogP) is 0.622. The number of rotatable bonds is 4. The van der Waals surface area contributed by atoms with Crippen molar-refractivity contribution in [3.63, 3.8) is 0 Å². The molecule has 1 fully saturated rings. The number of imide groups is 1. The minimum absolute atomic E-state index is 0.0278. The fourth-order valence-corrected chi connectivity index (χ4v) is 2.17. The van der Waals surface area contributed by atoms with Gasteiger partial charge in [0.15, 0.2) is 5.09 Å². The van der Waals surface area contributed by atoms with Crippen LogP contribution in [-0.2, 0) is 4.79 Å². The Hall–Kier alpha value is -1.96. The van der Waals surface area contributed by atoms with Gasteiger partial charge in [-0.15, -0.1) is 0 Å². The lowest BCUT2D eigenvalue weighted by Gasteiger charge is -2.10. The van der Waals surface area contributed by atoms with Crippen molar-refractivity contribution in [1.29, 1.82) is 0 Å². The molecule has 18 heavy (non-hydrogen) atoms. The van der Waals surface area contributed by atoms with Crippen LogP contribution < -0.4 is 5.32 Å². The number of carbonyl (C=O) groups is 3. The van der Waals surface area contributed by atoms with Crippen LogP contribution in [0.15, 0.2) is 21.6 Å². The summed E-state index contributed by atoms with van der Waals surface area (Å²) in [4.78, 5) is 34.6. The smallest absolute Gasteiger partial charge is 0.371 e. The van der Waals surface area contributed by atoms with E-state index < -0.39 is 12.0 Å². The van der Waals surface area contributed by atoms with E-state index in [0.717, 1.165) is 16.7 Å². The van der Waals surface area contributed by atoms with Crippen molar-refractivity contribution in [2.45, 2.75) is 5.09 Å². The van der Waals surface area contributed by atoms with Gasteiger partial charge in [-0.2, -0.15) is 0 Å². The number of thioether (sulfide) groups is 1. The molecule has 1 aliphatic rings. The fraction of sp³-hybridized carbons (Fsp3) is 0.300. The van der Waals surface area contributed by atoms with Crippen LogP contribution in [0.1, 0.15) is 10.6 Å². The third-order valence-electron chi connectivity index (χ3n) is 2.29. The number of hydrogen-bond acceptors (Lipinski definition) is 5. The molecule has 2 N–H and O–H groups in total. The van der Waals surface area contributed by atoms with Crippen LogP contribution in [0.5, 0.6) is 0 Å². The van der Waals surface area contributed by atoms with Crippen LogP contribution in [0.3, 0.4) is 0 Å². The van der Waals surface area contributed by atoms with Gasteiger partial charge in [-0.3, -0.25) is 9.69 Å². The summed E-state index contributed by atoms with van der Waals surface area (Å²) >= 11 is 1.05. The first kappa shape index (κ1) is 12.5. The van der Waals surface area contributed by atoms with Crippen LogP contribution in [0.4, 0.5) is 4.79 Å². The fourth-order valence-electron chi connectivity index (χ4n) is 1.43. The zero-order valence-electron chi connectivity index (χ0n) is 9.21. The molecule has 0 spiro atoms. The highest BCUT2D eigenvalue weighted by atomic mass is 32.2. The van der Waals surface area contributed by atoms with E-state index in [9.17, 15) is 14.4 Å². The summed E-state index contributed by atoms with van der Waals surface area (Å²) in [6, 6.07) is 2.40. The van der Waals surface area contributed by atoms with Gasteiger partial charge in [0.1, 0.15) is 0 Å². The molecule has 0 unspecified atom stereocenters. The Morgan fingerprint density at radius 3 is 2.83 bits per heavy atom. The average molecular weight is 270 g/mol. The number of aromatic carboxylic acids is 1. The van der Waals surface area contributed by atoms with E-state index in [1.165, 1.54) is 12.1 Å². The zero-order chi connectivity index (χ0) is 13.1. The van der Waals surface area contributed by atoms with Crippen LogP contribution in [0.25, 0.3) is 0 Å². The van der Waals surface area contributed by atoms with Gasteiger partial charge in [-0.1, -0.05) is 11.8 Å². The summed E-state index contributed by atoms with van der Waals surface area (Å²) in [6.45, 7) is 0.815. The number of carboxylic acids is 1. The van der Waals surface area contributed by atoms with Crippen LogP contribution in [-0.4, -0.2) is 46.8 Å². The van der Waals surface area contributed by atoms with Crippen LogP contribution >= 0.6 is 11.8 Å². The van der Waals surface area contributed by atoms with E-state index >= 15 is 0 Å². The van der Waals surface area contributed by atoms with Crippen molar-refractivity contribution in [3.05, 3.63) is 17.9 Å². The summed E-state index contributed by atoms with van der Waals surface area (Å²) in [5, 5.41) is 11.5. The Kier molecular flexibility index (Phi) is 3.56. The van der Waals surface area contributed by atoms with Crippen molar-refractivity contribution in [3.8, 4) is 0 Å². The number of nitrogens with zero attached hydrogens (tertiary/aromatic N) is 1. The molecule has 0 radical (unpaired) electrons. The lowest BCUT2D eigenvalue weighted by molar-refractivity contribution is -0.124. The largest absolute Gasteiger partial charge is 0.475 e. The van der Waals surface area contributed by atoms with Crippen molar-refractivity contribution in [2.24, 2.45) is 0 Å². The summed E-state index contributed by atoms with van der Waals surface area (Å²) in [5.41, 5.74) is 0. The highest BCUT2D eigenvalue weighted by molar-refractivity contribution is 7.99.